The van der Waals surface area contributed by atoms with Crippen molar-refractivity contribution in [3.63, 3.8) is 0 Å². The molecule has 0 aromatic rings. The number of unbranched alkanes of at least 4 members (excludes halogenated alkanes) is 3. The summed E-state index contributed by atoms with van der Waals surface area (Å²) in [7, 11) is 0. The zero-order valence-corrected chi connectivity index (χ0v) is 23.8. The molecule has 38 heavy (non-hydrogen) atoms. The summed E-state index contributed by atoms with van der Waals surface area (Å²) in [6.45, 7) is 12.7. The van der Waals surface area contributed by atoms with E-state index in [1.807, 2.05) is 0 Å². The molecule has 2 fully saturated rings. The molecule has 2 heterocycles. The summed E-state index contributed by atoms with van der Waals surface area (Å²) in [5, 5.41) is 5.98. The normalized spacial score (nSPS) is 21.9. The minimum Gasteiger partial charge on any atom is -0.464 e. The van der Waals surface area contributed by atoms with E-state index >= 15 is 0 Å². The van der Waals surface area contributed by atoms with Crippen LogP contribution in [-0.2, 0) is 38.2 Å². The molecule has 0 bridgehead atoms. The Bertz CT molecular complexity index is 856. The highest BCUT2D eigenvalue weighted by atomic mass is 16.5. The lowest BCUT2D eigenvalue weighted by Crippen LogP contribution is -2.72. The van der Waals surface area contributed by atoms with Gasteiger partial charge in [0.1, 0.15) is 13.1 Å². The molecule has 0 radical (unpaired) electrons. The largest absolute Gasteiger partial charge is 0.464 e. The number of carbonyl (C=O) groups is 6. The Morgan fingerprint density at radius 1 is 0.553 bits per heavy atom. The smallest absolute Gasteiger partial charge is 0.326 e. The van der Waals surface area contributed by atoms with Crippen LogP contribution in [0, 0.1) is 0 Å². The number of nitrogens with one attached hydrogen (secondary N) is 2. The van der Waals surface area contributed by atoms with E-state index in [4.69, 9.17) is 9.47 Å². The molecule has 0 aromatic carbocycles. The first-order valence-electron chi connectivity index (χ1n) is 12.9. The van der Waals surface area contributed by atoms with Gasteiger partial charge in [0.2, 0.25) is 23.6 Å². The first-order chi connectivity index (χ1) is 17.3. The van der Waals surface area contributed by atoms with Crippen molar-refractivity contribution in [2.45, 2.75) is 103 Å². The third-order valence-corrected chi connectivity index (χ3v) is 6.51. The van der Waals surface area contributed by atoms with Gasteiger partial charge >= 0.3 is 11.9 Å². The number of ether oxygens (including phenoxy) is 2. The van der Waals surface area contributed by atoms with Gasteiger partial charge in [0, 0.05) is 0 Å². The molecular weight excluding hydrogens is 496 g/mol. The quantitative estimate of drug-likeness (QED) is 0.218. The van der Waals surface area contributed by atoms with Crippen LogP contribution in [0.2, 0.25) is 0 Å². The predicted octanol–water partition coefficient (Wildman–Crippen LogP) is 0.664. The Morgan fingerprint density at radius 3 is 1.08 bits per heavy atom. The van der Waals surface area contributed by atoms with Gasteiger partial charge in [-0.25, -0.2) is 0 Å². The molecule has 2 saturated heterocycles. The van der Waals surface area contributed by atoms with Gasteiger partial charge in [-0.1, -0.05) is 0 Å². The van der Waals surface area contributed by atoms with Crippen molar-refractivity contribution in [3.05, 3.63) is 0 Å². The molecule has 2 aliphatic heterocycles. The van der Waals surface area contributed by atoms with E-state index in [2.05, 4.69) is 10.6 Å². The molecule has 0 unspecified atom stereocenters. The molecule has 4 amide bonds. The fourth-order valence-electron chi connectivity index (χ4n) is 4.88. The highest BCUT2D eigenvalue weighted by molar-refractivity contribution is 6.08. The van der Waals surface area contributed by atoms with E-state index in [0.717, 1.165) is 9.80 Å². The zero-order valence-electron chi connectivity index (χ0n) is 23.8. The molecule has 0 atom stereocenters. The second-order valence-corrected chi connectivity index (χ2v) is 12.0. The monoisotopic (exact) mass is 538 g/mol. The summed E-state index contributed by atoms with van der Waals surface area (Å²) < 4.78 is 10.4. The number of nitrogens with zero attached hydrogens (tertiary/aromatic N) is 2. The Balaban J connectivity index is 1.65. The van der Waals surface area contributed by atoms with Crippen LogP contribution in [0.4, 0.5) is 0 Å². The van der Waals surface area contributed by atoms with Crippen LogP contribution in [-0.4, -0.2) is 93.8 Å². The van der Waals surface area contributed by atoms with Gasteiger partial charge in [0.05, 0.1) is 35.4 Å². The SMILES string of the molecule is CC1(C)NC(C)(C)C(=O)N(CC(=O)OCCCCCCOC(=O)CN2C(=O)C(C)(C)NC(C)(C)C2=O)C1=O. The van der Waals surface area contributed by atoms with E-state index < -0.39 is 70.8 Å². The summed E-state index contributed by atoms with van der Waals surface area (Å²) in [5.41, 5.74) is -3.93. The second kappa shape index (κ2) is 11.5. The minimum absolute atomic E-state index is 0.138. The van der Waals surface area contributed by atoms with Crippen LogP contribution < -0.4 is 10.6 Å². The minimum atomic E-state index is -0.982. The first kappa shape index (κ1) is 31.4. The van der Waals surface area contributed by atoms with Crippen molar-refractivity contribution in [3.8, 4) is 0 Å². The number of imide groups is 2. The highest BCUT2D eigenvalue weighted by Gasteiger charge is 2.51. The lowest BCUT2D eigenvalue weighted by molar-refractivity contribution is -0.165. The predicted molar refractivity (Wildman–Crippen MR) is 136 cm³/mol. The van der Waals surface area contributed by atoms with Gasteiger partial charge < -0.3 is 9.47 Å². The van der Waals surface area contributed by atoms with Crippen molar-refractivity contribution in [2.75, 3.05) is 26.3 Å². The van der Waals surface area contributed by atoms with Crippen molar-refractivity contribution in [1.82, 2.24) is 20.4 Å². The third-order valence-electron chi connectivity index (χ3n) is 6.51. The molecule has 2 aliphatic rings. The second-order valence-electron chi connectivity index (χ2n) is 12.0. The summed E-state index contributed by atoms with van der Waals surface area (Å²) in [6, 6.07) is 0. The molecule has 0 saturated carbocycles. The maximum Gasteiger partial charge on any atom is 0.326 e. The van der Waals surface area contributed by atoms with Gasteiger partial charge in [-0.05, 0) is 81.1 Å². The lowest BCUT2D eigenvalue weighted by atomic mass is 9.90. The van der Waals surface area contributed by atoms with Gasteiger partial charge in [0.15, 0.2) is 0 Å². The van der Waals surface area contributed by atoms with E-state index in [9.17, 15) is 28.8 Å². The van der Waals surface area contributed by atoms with Crippen LogP contribution in [0.5, 0.6) is 0 Å². The summed E-state index contributed by atoms with van der Waals surface area (Å²) in [4.78, 5) is 76.6. The van der Waals surface area contributed by atoms with Gasteiger partial charge in [-0.3, -0.25) is 49.2 Å². The molecular formula is C26H42N4O8. The van der Waals surface area contributed by atoms with Gasteiger partial charge in [0.25, 0.3) is 0 Å². The molecule has 12 heteroatoms. The van der Waals surface area contributed by atoms with Crippen LogP contribution in [0.3, 0.4) is 0 Å². The molecule has 2 N–H and O–H groups in total. The topological polar surface area (TPSA) is 151 Å². The van der Waals surface area contributed by atoms with Crippen LogP contribution in [0.1, 0.15) is 81.1 Å². The van der Waals surface area contributed by atoms with Gasteiger partial charge in [-0.15, -0.1) is 0 Å². The first-order valence-corrected chi connectivity index (χ1v) is 12.9. The summed E-state index contributed by atoms with van der Waals surface area (Å²) >= 11 is 0. The number of piperazine rings is 2. The maximum atomic E-state index is 12.6. The third kappa shape index (κ3) is 7.37. The van der Waals surface area contributed by atoms with Crippen molar-refractivity contribution >= 4 is 35.6 Å². The average Bonchev–Trinajstić information content (AvgIpc) is 2.78. The standard InChI is InChI=1S/C26H42N4O8/c1-23(2)19(33)29(20(34)24(3,4)27-23)15-17(31)37-13-11-9-10-12-14-38-18(32)16-30-21(35)25(5,6)28-26(7,8)22(30)36/h27-28H,9-16H2,1-8H3. The van der Waals surface area contributed by atoms with Crippen molar-refractivity contribution in [1.29, 1.82) is 0 Å². The van der Waals surface area contributed by atoms with Crippen LogP contribution >= 0.6 is 0 Å². The number of amides is 4. The number of carbonyl (C=O) groups excluding carboxylic acids is 6. The highest BCUT2D eigenvalue weighted by Crippen LogP contribution is 2.24. The lowest BCUT2D eigenvalue weighted by Gasteiger charge is -2.44. The molecule has 2 rings (SSSR count). The van der Waals surface area contributed by atoms with Gasteiger partial charge in [-0.2, -0.15) is 0 Å². The fourth-order valence-corrected chi connectivity index (χ4v) is 4.88. The number of esters is 2. The Morgan fingerprint density at radius 2 is 0.816 bits per heavy atom. The van der Waals surface area contributed by atoms with Crippen LogP contribution in [0.15, 0.2) is 0 Å². The maximum absolute atomic E-state index is 12.6. The van der Waals surface area contributed by atoms with Crippen molar-refractivity contribution < 1.29 is 38.2 Å². The van der Waals surface area contributed by atoms with E-state index in [-0.39, 0.29) is 13.2 Å². The van der Waals surface area contributed by atoms with Crippen LogP contribution in [0.25, 0.3) is 0 Å². The molecule has 12 nitrogen and oxygen atoms in total. The van der Waals surface area contributed by atoms with E-state index in [0.29, 0.717) is 25.7 Å². The molecule has 0 aliphatic carbocycles. The fraction of sp³-hybridized carbons (Fsp3) is 0.769. The Labute approximate surface area is 224 Å². The number of rotatable bonds is 11. The summed E-state index contributed by atoms with van der Waals surface area (Å²) in [6.07, 6.45) is 2.53. The van der Waals surface area contributed by atoms with E-state index in [1.54, 1.807) is 55.4 Å². The molecule has 214 valence electrons. The summed E-state index contributed by atoms with van der Waals surface area (Å²) in [5.74, 6) is -3.23. The van der Waals surface area contributed by atoms with Crippen molar-refractivity contribution in [2.24, 2.45) is 0 Å². The molecule has 0 aromatic heterocycles. The van der Waals surface area contributed by atoms with E-state index in [1.165, 1.54) is 0 Å². The Hall–Kier alpha value is -2.86. The molecule has 0 spiro atoms. The zero-order chi connectivity index (χ0) is 29.1. The average molecular weight is 539 g/mol. The number of hydrogen-bond acceptors (Lipinski definition) is 10. The number of hydrogen-bond donors (Lipinski definition) is 2. The Kier molecular flexibility index (Phi) is 9.48.